The lowest BCUT2D eigenvalue weighted by Gasteiger charge is -2.24. The molecule has 0 saturated carbocycles. The van der Waals surface area contributed by atoms with Gasteiger partial charge in [0.05, 0.1) is 0 Å². The zero-order valence-corrected chi connectivity index (χ0v) is 12.2. The predicted octanol–water partition coefficient (Wildman–Crippen LogP) is 3.75. The third kappa shape index (κ3) is 3.20. The van der Waals surface area contributed by atoms with E-state index < -0.39 is 5.97 Å². The van der Waals surface area contributed by atoms with Gasteiger partial charge in [0.2, 0.25) is 5.76 Å². The number of carbonyl (C=O) groups is 1. The Bertz CT molecular complexity index is 603. The smallest absolute Gasteiger partial charge is 0.371 e. The van der Waals surface area contributed by atoms with Crippen LogP contribution in [0.2, 0.25) is 0 Å². The third-order valence-electron chi connectivity index (χ3n) is 3.68. The first kappa shape index (κ1) is 14.6. The first-order valence-electron chi connectivity index (χ1n) is 6.97. The van der Waals surface area contributed by atoms with Gasteiger partial charge in [0, 0.05) is 18.0 Å². The summed E-state index contributed by atoms with van der Waals surface area (Å²) in [5.74, 6) is -1.04. The molecule has 1 aromatic heterocycles. The van der Waals surface area contributed by atoms with Crippen LogP contribution >= 0.6 is 0 Å². The highest BCUT2D eigenvalue weighted by atomic mass is 16.4. The Balaban J connectivity index is 2.17. The van der Waals surface area contributed by atoms with Crippen molar-refractivity contribution in [2.45, 2.75) is 39.3 Å². The maximum Gasteiger partial charge on any atom is 0.371 e. The van der Waals surface area contributed by atoms with Crippen LogP contribution in [0.25, 0.3) is 11.0 Å². The summed E-state index contributed by atoms with van der Waals surface area (Å²) in [7, 11) is 2.11. The van der Waals surface area contributed by atoms with Crippen molar-refractivity contribution in [1.29, 1.82) is 0 Å². The molecule has 0 aliphatic carbocycles. The van der Waals surface area contributed by atoms with E-state index in [1.165, 1.54) is 18.4 Å². The van der Waals surface area contributed by atoms with Crippen LogP contribution in [0.3, 0.4) is 0 Å². The lowest BCUT2D eigenvalue weighted by atomic mass is 10.1. The molecular weight excluding hydrogens is 254 g/mol. The fourth-order valence-electron chi connectivity index (χ4n) is 2.38. The maximum atomic E-state index is 10.9. The number of hydrogen-bond donors (Lipinski definition) is 1. The van der Waals surface area contributed by atoms with Gasteiger partial charge in [-0.15, -0.1) is 0 Å². The van der Waals surface area contributed by atoms with Crippen molar-refractivity contribution in [3.63, 3.8) is 0 Å². The SMILES string of the molecule is CCCC(C)N(C)Cc1ccc2oc(C(=O)O)cc2c1. The summed E-state index contributed by atoms with van der Waals surface area (Å²) in [5, 5.41) is 9.77. The minimum absolute atomic E-state index is 0.00939. The molecule has 0 amide bonds. The fraction of sp³-hybridized carbons (Fsp3) is 0.438. The summed E-state index contributed by atoms with van der Waals surface area (Å²) in [6, 6.07) is 7.95. The van der Waals surface area contributed by atoms with Crippen molar-refractivity contribution in [1.82, 2.24) is 4.90 Å². The van der Waals surface area contributed by atoms with E-state index in [0.29, 0.717) is 11.6 Å². The van der Waals surface area contributed by atoms with Crippen molar-refractivity contribution in [3.05, 3.63) is 35.6 Å². The molecule has 0 spiro atoms. The zero-order valence-electron chi connectivity index (χ0n) is 12.2. The normalized spacial score (nSPS) is 13.0. The molecule has 108 valence electrons. The fourth-order valence-corrected chi connectivity index (χ4v) is 2.38. The van der Waals surface area contributed by atoms with Crippen molar-refractivity contribution >= 4 is 16.9 Å². The van der Waals surface area contributed by atoms with Gasteiger partial charge in [0.25, 0.3) is 0 Å². The molecule has 1 N–H and O–H groups in total. The van der Waals surface area contributed by atoms with E-state index in [1.807, 2.05) is 18.2 Å². The topological polar surface area (TPSA) is 53.7 Å². The van der Waals surface area contributed by atoms with Gasteiger partial charge in [-0.1, -0.05) is 19.4 Å². The number of carboxylic acid groups (broad SMARTS) is 1. The van der Waals surface area contributed by atoms with Gasteiger partial charge in [-0.2, -0.15) is 0 Å². The Morgan fingerprint density at radius 3 is 2.80 bits per heavy atom. The number of furan rings is 1. The van der Waals surface area contributed by atoms with Crippen LogP contribution < -0.4 is 0 Å². The number of aromatic carboxylic acids is 1. The molecule has 0 radical (unpaired) electrons. The van der Waals surface area contributed by atoms with Crippen LogP contribution in [0.4, 0.5) is 0 Å². The molecular formula is C16H21NO3. The van der Waals surface area contributed by atoms with Crippen molar-refractivity contribution in [3.8, 4) is 0 Å². The van der Waals surface area contributed by atoms with Crippen LogP contribution in [-0.4, -0.2) is 29.1 Å². The molecule has 0 aliphatic heterocycles. The van der Waals surface area contributed by atoms with Crippen LogP contribution in [0.5, 0.6) is 0 Å². The quantitative estimate of drug-likeness (QED) is 0.872. The van der Waals surface area contributed by atoms with Gasteiger partial charge in [-0.25, -0.2) is 4.79 Å². The molecule has 4 nitrogen and oxygen atoms in total. The van der Waals surface area contributed by atoms with Gasteiger partial charge in [0.1, 0.15) is 5.58 Å². The number of carboxylic acids is 1. The average molecular weight is 275 g/mol. The molecule has 0 aliphatic rings. The molecule has 0 saturated heterocycles. The summed E-state index contributed by atoms with van der Waals surface area (Å²) in [6.45, 7) is 5.27. The van der Waals surface area contributed by atoms with Crippen LogP contribution in [0, 0.1) is 0 Å². The van der Waals surface area contributed by atoms with E-state index >= 15 is 0 Å². The Labute approximate surface area is 119 Å². The van der Waals surface area contributed by atoms with E-state index in [-0.39, 0.29) is 5.76 Å². The van der Waals surface area contributed by atoms with E-state index in [1.54, 1.807) is 6.07 Å². The molecule has 1 aromatic carbocycles. The van der Waals surface area contributed by atoms with Crippen molar-refractivity contribution in [2.75, 3.05) is 7.05 Å². The summed E-state index contributed by atoms with van der Waals surface area (Å²) in [4.78, 5) is 13.2. The van der Waals surface area contributed by atoms with Gasteiger partial charge in [-0.3, -0.25) is 4.90 Å². The number of benzene rings is 1. The van der Waals surface area contributed by atoms with Gasteiger partial charge in [-0.05, 0) is 44.2 Å². The monoisotopic (exact) mass is 275 g/mol. The lowest BCUT2D eigenvalue weighted by molar-refractivity contribution is 0.0665. The molecule has 4 heteroatoms. The molecule has 1 atom stereocenters. The Kier molecular flexibility index (Phi) is 4.45. The van der Waals surface area contributed by atoms with E-state index in [2.05, 4.69) is 25.8 Å². The summed E-state index contributed by atoms with van der Waals surface area (Å²) < 4.78 is 5.26. The molecule has 2 rings (SSSR count). The van der Waals surface area contributed by atoms with Gasteiger partial charge < -0.3 is 9.52 Å². The highest BCUT2D eigenvalue weighted by Crippen LogP contribution is 2.22. The largest absolute Gasteiger partial charge is 0.475 e. The molecule has 2 aromatic rings. The zero-order chi connectivity index (χ0) is 14.7. The summed E-state index contributed by atoms with van der Waals surface area (Å²) in [6.07, 6.45) is 2.35. The molecule has 0 bridgehead atoms. The predicted molar refractivity (Wildman–Crippen MR) is 79.0 cm³/mol. The molecule has 0 fully saturated rings. The highest BCUT2D eigenvalue weighted by Gasteiger charge is 2.12. The van der Waals surface area contributed by atoms with E-state index in [9.17, 15) is 4.79 Å². The van der Waals surface area contributed by atoms with Crippen LogP contribution in [-0.2, 0) is 6.54 Å². The Morgan fingerprint density at radius 1 is 1.40 bits per heavy atom. The first-order chi connectivity index (χ1) is 9.51. The number of hydrogen-bond acceptors (Lipinski definition) is 3. The van der Waals surface area contributed by atoms with Crippen molar-refractivity contribution < 1.29 is 14.3 Å². The van der Waals surface area contributed by atoms with Gasteiger partial charge in [0.15, 0.2) is 0 Å². The highest BCUT2D eigenvalue weighted by molar-refractivity contribution is 5.91. The second kappa shape index (κ2) is 6.09. The molecule has 1 unspecified atom stereocenters. The standard InChI is InChI=1S/C16H21NO3/c1-4-5-11(2)17(3)10-12-6-7-14-13(8-12)9-15(20-14)16(18)19/h6-9,11H,4-5,10H2,1-3H3,(H,18,19). The molecule has 20 heavy (non-hydrogen) atoms. The minimum Gasteiger partial charge on any atom is -0.475 e. The van der Waals surface area contributed by atoms with Crippen LogP contribution in [0.1, 0.15) is 42.8 Å². The number of fused-ring (bicyclic) bond motifs is 1. The third-order valence-corrected chi connectivity index (χ3v) is 3.68. The minimum atomic E-state index is -1.03. The van der Waals surface area contributed by atoms with E-state index in [0.717, 1.165) is 11.9 Å². The van der Waals surface area contributed by atoms with Gasteiger partial charge >= 0.3 is 5.97 Å². The van der Waals surface area contributed by atoms with E-state index in [4.69, 9.17) is 9.52 Å². The second-order valence-electron chi connectivity index (χ2n) is 5.34. The second-order valence-corrected chi connectivity index (χ2v) is 5.34. The summed E-state index contributed by atoms with van der Waals surface area (Å²) >= 11 is 0. The number of nitrogens with zero attached hydrogens (tertiary/aromatic N) is 1. The number of rotatable bonds is 6. The lowest BCUT2D eigenvalue weighted by Crippen LogP contribution is -2.28. The summed E-state index contributed by atoms with van der Waals surface area (Å²) in [5.41, 5.74) is 1.79. The molecule has 1 heterocycles. The first-order valence-corrected chi connectivity index (χ1v) is 6.97. The Hall–Kier alpha value is -1.81. The van der Waals surface area contributed by atoms with Crippen LogP contribution in [0.15, 0.2) is 28.7 Å². The van der Waals surface area contributed by atoms with Crippen molar-refractivity contribution in [2.24, 2.45) is 0 Å². The average Bonchev–Trinajstić information content (AvgIpc) is 2.82. The maximum absolute atomic E-state index is 10.9. The Morgan fingerprint density at radius 2 is 2.15 bits per heavy atom.